The van der Waals surface area contributed by atoms with Crippen molar-refractivity contribution in [2.24, 2.45) is 5.92 Å². The zero-order valence-electron chi connectivity index (χ0n) is 9.44. The van der Waals surface area contributed by atoms with E-state index in [1.54, 1.807) is 0 Å². The van der Waals surface area contributed by atoms with Crippen molar-refractivity contribution in [2.75, 3.05) is 0 Å². The van der Waals surface area contributed by atoms with Gasteiger partial charge in [-0.2, -0.15) is 0 Å². The largest absolute Gasteiger partial charge is 0.353 e. The first-order valence-electron chi connectivity index (χ1n) is 5.66. The second-order valence-electron chi connectivity index (χ2n) is 4.83. The molecule has 2 heteroatoms. The molecule has 1 aliphatic carbocycles. The van der Waals surface area contributed by atoms with Gasteiger partial charge in [0.2, 0.25) is 5.78 Å². The van der Waals surface area contributed by atoms with Crippen molar-refractivity contribution in [1.82, 2.24) is 0 Å². The number of ether oxygens (including phenoxy) is 1. The molecule has 1 aliphatic heterocycles. The molecule has 16 heavy (non-hydrogen) atoms. The van der Waals surface area contributed by atoms with E-state index in [2.05, 4.69) is 13.8 Å². The Morgan fingerprint density at radius 2 is 2.06 bits per heavy atom. The van der Waals surface area contributed by atoms with Gasteiger partial charge >= 0.3 is 0 Å². The average Bonchev–Trinajstić information content (AvgIpc) is 3.01. The highest BCUT2D eigenvalue weighted by atomic mass is 16.6. The fourth-order valence-electron chi connectivity index (χ4n) is 2.47. The second kappa shape index (κ2) is 3.05. The second-order valence-corrected chi connectivity index (χ2v) is 4.83. The summed E-state index contributed by atoms with van der Waals surface area (Å²) in [5, 5.41) is 0. The Bertz CT molecular complexity index is 487. The summed E-state index contributed by atoms with van der Waals surface area (Å²) in [6.07, 6.45) is 3.96. The van der Waals surface area contributed by atoms with Crippen LogP contribution in [0.2, 0.25) is 0 Å². The van der Waals surface area contributed by atoms with E-state index in [0.29, 0.717) is 5.92 Å². The maximum Gasteiger partial charge on any atom is 0.201 e. The molecule has 1 heterocycles. The van der Waals surface area contributed by atoms with Crippen LogP contribution in [0.25, 0.3) is 6.08 Å². The first kappa shape index (κ1) is 9.79. The van der Waals surface area contributed by atoms with Gasteiger partial charge in [-0.1, -0.05) is 44.2 Å². The minimum Gasteiger partial charge on any atom is -0.353 e. The fraction of sp³-hybridized carbons (Fsp3) is 0.357. The third-order valence-corrected chi connectivity index (χ3v) is 3.36. The van der Waals surface area contributed by atoms with Gasteiger partial charge in [-0.05, 0) is 17.6 Å². The topological polar surface area (TPSA) is 29.6 Å². The molecule has 82 valence electrons. The summed E-state index contributed by atoms with van der Waals surface area (Å²) < 4.78 is 5.64. The van der Waals surface area contributed by atoms with Crippen molar-refractivity contribution in [3.8, 4) is 0 Å². The number of Topliss-reactive ketones (excluding diaryl/α,β-unsaturated/α-hetero) is 1. The molecule has 1 aromatic carbocycles. The Kier molecular flexibility index (Phi) is 1.86. The van der Waals surface area contributed by atoms with E-state index in [4.69, 9.17) is 4.74 Å². The summed E-state index contributed by atoms with van der Waals surface area (Å²) in [7, 11) is 0. The van der Waals surface area contributed by atoms with Gasteiger partial charge in [-0.3, -0.25) is 4.79 Å². The van der Waals surface area contributed by atoms with Gasteiger partial charge in [0, 0.05) is 5.56 Å². The number of fused-ring (bicyclic) bond motifs is 1. The Hall–Kier alpha value is -1.41. The summed E-state index contributed by atoms with van der Waals surface area (Å²) in [4.78, 5) is 12.3. The molecule has 1 fully saturated rings. The van der Waals surface area contributed by atoms with Crippen molar-refractivity contribution in [3.63, 3.8) is 0 Å². The molecular formula is C14H14O2. The zero-order chi connectivity index (χ0) is 11.3. The highest BCUT2D eigenvalue weighted by Gasteiger charge is 2.62. The molecule has 0 aromatic heterocycles. The summed E-state index contributed by atoms with van der Waals surface area (Å²) >= 11 is 0. The van der Waals surface area contributed by atoms with E-state index in [9.17, 15) is 4.79 Å². The molecule has 1 spiro atoms. The quantitative estimate of drug-likeness (QED) is 0.673. The number of carbonyl (C=O) groups is 1. The van der Waals surface area contributed by atoms with Crippen molar-refractivity contribution in [2.45, 2.75) is 25.6 Å². The van der Waals surface area contributed by atoms with Gasteiger partial charge in [0.1, 0.15) is 6.10 Å². The van der Waals surface area contributed by atoms with Crippen LogP contribution in [0.5, 0.6) is 0 Å². The maximum absolute atomic E-state index is 12.3. The summed E-state index contributed by atoms with van der Waals surface area (Å²) in [5.41, 5.74) is 1.13. The Balaban J connectivity index is 2.04. The van der Waals surface area contributed by atoms with Gasteiger partial charge < -0.3 is 4.74 Å². The van der Waals surface area contributed by atoms with Crippen molar-refractivity contribution < 1.29 is 9.53 Å². The molecular weight excluding hydrogens is 200 g/mol. The minimum atomic E-state index is -0.650. The molecule has 2 atom stereocenters. The lowest BCUT2D eigenvalue weighted by atomic mass is 9.83. The first-order valence-corrected chi connectivity index (χ1v) is 5.66. The molecule has 3 rings (SSSR count). The highest BCUT2D eigenvalue weighted by Crippen LogP contribution is 2.47. The van der Waals surface area contributed by atoms with E-state index >= 15 is 0 Å². The lowest BCUT2D eigenvalue weighted by Crippen LogP contribution is -2.29. The molecule has 1 aromatic rings. The monoisotopic (exact) mass is 214 g/mol. The smallest absolute Gasteiger partial charge is 0.201 e. The third kappa shape index (κ3) is 1.14. The van der Waals surface area contributed by atoms with Gasteiger partial charge in [0.15, 0.2) is 5.60 Å². The van der Waals surface area contributed by atoms with E-state index in [1.165, 1.54) is 0 Å². The van der Waals surface area contributed by atoms with Crippen LogP contribution in [0.4, 0.5) is 0 Å². The van der Waals surface area contributed by atoms with Crippen LogP contribution in [0.1, 0.15) is 29.8 Å². The lowest BCUT2D eigenvalue weighted by Gasteiger charge is -2.15. The summed E-state index contributed by atoms with van der Waals surface area (Å²) in [6, 6.07) is 7.68. The van der Waals surface area contributed by atoms with Crippen LogP contribution in [-0.2, 0) is 4.74 Å². The molecule has 0 amide bonds. The highest BCUT2D eigenvalue weighted by molar-refractivity contribution is 6.11. The summed E-state index contributed by atoms with van der Waals surface area (Å²) in [5.74, 6) is 0.489. The molecule has 0 unspecified atom stereocenters. The fourth-order valence-corrected chi connectivity index (χ4v) is 2.47. The van der Waals surface area contributed by atoms with Crippen LogP contribution in [0, 0.1) is 5.92 Å². The number of hydrogen-bond donors (Lipinski definition) is 0. The summed E-state index contributed by atoms with van der Waals surface area (Å²) in [6.45, 7) is 4.17. The number of rotatable bonds is 1. The number of epoxide rings is 1. The van der Waals surface area contributed by atoms with Crippen molar-refractivity contribution in [1.29, 1.82) is 0 Å². The van der Waals surface area contributed by atoms with E-state index in [0.717, 1.165) is 11.1 Å². The predicted molar refractivity (Wildman–Crippen MR) is 62.2 cm³/mol. The van der Waals surface area contributed by atoms with Crippen LogP contribution in [0.15, 0.2) is 30.3 Å². The van der Waals surface area contributed by atoms with Gasteiger partial charge in [-0.15, -0.1) is 0 Å². The number of carbonyl (C=O) groups excluding carboxylic acids is 1. The molecule has 0 N–H and O–H groups in total. The minimum absolute atomic E-state index is 0.0459. The molecule has 2 aliphatic rings. The van der Waals surface area contributed by atoms with E-state index in [1.807, 2.05) is 36.4 Å². The van der Waals surface area contributed by atoms with Gasteiger partial charge in [-0.25, -0.2) is 0 Å². The Morgan fingerprint density at radius 3 is 2.75 bits per heavy atom. The normalized spacial score (nSPS) is 30.9. The van der Waals surface area contributed by atoms with E-state index in [-0.39, 0.29) is 11.9 Å². The van der Waals surface area contributed by atoms with Crippen LogP contribution in [-0.4, -0.2) is 17.5 Å². The maximum atomic E-state index is 12.3. The Morgan fingerprint density at radius 1 is 1.31 bits per heavy atom. The van der Waals surface area contributed by atoms with Crippen LogP contribution >= 0.6 is 0 Å². The van der Waals surface area contributed by atoms with Gasteiger partial charge in [0.25, 0.3) is 0 Å². The Labute approximate surface area is 94.9 Å². The van der Waals surface area contributed by atoms with Crippen molar-refractivity contribution >= 4 is 11.9 Å². The number of ketones is 1. The first-order chi connectivity index (χ1) is 7.65. The van der Waals surface area contributed by atoms with Crippen LogP contribution in [0.3, 0.4) is 0 Å². The molecule has 0 bridgehead atoms. The van der Waals surface area contributed by atoms with Crippen LogP contribution < -0.4 is 0 Å². The molecule has 1 saturated heterocycles. The predicted octanol–water partition coefficient (Wildman–Crippen LogP) is 2.69. The lowest BCUT2D eigenvalue weighted by molar-refractivity contribution is 0.0907. The molecule has 2 nitrogen and oxygen atoms in total. The molecule has 0 radical (unpaired) electrons. The zero-order valence-corrected chi connectivity index (χ0v) is 9.44. The SMILES string of the molecule is CC(C)[C@H]1O[C@]12C=Cc1ccccc1C2=O. The van der Waals surface area contributed by atoms with Gasteiger partial charge in [0.05, 0.1) is 0 Å². The molecule has 0 saturated carbocycles. The third-order valence-electron chi connectivity index (χ3n) is 3.36. The van der Waals surface area contributed by atoms with E-state index < -0.39 is 5.60 Å². The number of hydrogen-bond acceptors (Lipinski definition) is 2. The number of benzene rings is 1. The average molecular weight is 214 g/mol. The standard InChI is InChI=1S/C14H14O2/c1-9(2)13-14(16-13)8-7-10-5-3-4-6-11(10)12(14)15/h3-9,13H,1-2H3/t13-,14+/m1/s1. The van der Waals surface area contributed by atoms with Crippen molar-refractivity contribution in [3.05, 3.63) is 41.5 Å².